The van der Waals surface area contributed by atoms with Gasteiger partial charge in [0.05, 0.1) is 13.4 Å². The molecule has 2 heterocycles. The normalized spacial score (nSPS) is 14.0. The Balaban J connectivity index is 1.58. The van der Waals surface area contributed by atoms with Crippen LogP contribution in [0.4, 0.5) is 0 Å². The minimum absolute atomic E-state index is 0.0784. The molecule has 0 aliphatic heterocycles. The van der Waals surface area contributed by atoms with Gasteiger partial charge in [-0.1, -0.05) is 60.7 Å². The van der Waals surface area contributed by atoms with Crippen LogP contribution in [-0.2, 0) is 19.4 Å². The first-order valence-corrected chi connectivity index (χ1v) is 12.0. The molecule has 4 nitrogen and oxygen atoms in total. The number of hydrogen-bond acceptors (Lipinski definition) is 4. The summed E-state index contributed by atoms with van der Waals surface area (Å²) in [4.78, 5) is 4.93. The zero-order valence-corrected chi connectivity index (χ0v) is 19.7. The highest BCUT2D eigenvalue weighted by Crippen LogP contribution is 2.36. The Morgan fingerprint density at radius 3 is 2.58 bits per heavy atom. The van der Waals surface area contributed by atoms with E-state index in [0.717, 1.165) is 58.9 Å². The van der Waals surface area contributed by atoms with E-state index < -0.39 is 0 Å². The molecule has 0 N–H and O–H groups in total. The van der Waals surface area contributed by atoms with E-state index in [1.807, 2.05) is 24.3 Å². The van der Waals surface area contributed by atoms with Crippen LogP contribution < -0.4 is 4.74 Å². The molecule has 2 aromatic heterocycles. The maximum Gasteiger partial charge on any atom is 0.141 e. The number of ether oxygens (including phenoxy) is 1. The number of rotatable bonds is 7. The summed E-state index contributed by atoms with van der Waals surface area (Å²) in [7, 11) is 1.73. The molecule has 1 atom stereocenters. The highest BCUT2D eigenvalue weighted by Gasteiger charge is 2.24. The van der Waals surface area contributed by atoms with Gasteiger partial charge in [0.25, 0.3) is 0 Å². The summed E-state index contributed by atoms with van der Waals surface area (Å²) in [6.45, 7) is 0.818. The van der Waals surface area contributed by atoms with Crippen LogP contribution in [0.15, 0.2) is 77.4 Å². The molecular formula is C28H28N2O2S. The summed E-state index contributed by atoms with van der Waals surface area (Å²) < 4.78 is 14.8. The van der Waals surface area contributed by atoms with Gasteiger partial charge in [-0.2, -0.15) is 0 Å². The fraction of sp³-hybridized carbons (Fsp3) is 0.286. The van der Waals surface area contributed by atoms with Crippen molar-refractivity contribution in [3.05, 3.63) is 100 Å². The lowest BCUT2D eigenvalue weighted by Crippen LogP contribution is -2.19. The van der Waals surface area contributed by atoms with Crippen molar-refractivity contribution >= 4 is 12.2 Å². The van der Waals surface area contributed by atoms with Crippen LogP contribution in [0.3, 0.4) is 0 Å². The van der Waals surface area contributed by atoms with Gasteiger partial charge in [0.1, 0.15) is 22.0 Å². The van der Waals surface area contributed by atoms with Crippen molar-refractivity contribution < 1.29 is 9.15 Å². The SMILES string of the molecule is COc1ccccc1[C@H](CCn1c(-c2ccccc2)nc(=S)c2c1CCCC2)c1ccco1. The molecule has 0 amide bonds. The standard InChI is InChI=1S/C28H28N2O2S/c1-31-25-15-8-6-12-21(25)22(26-16-9-19-32-26)17-18-30-24-14-7-5-13-23(24)28(33)29-27(30)20-10-3-2-4-11-20/h2-4,6,8-12,15-16,19,22H,5,7,13-14,17-18H2,1H3/t22-/m0/s1. The lowest BCUT2D eigenvalue weighted by Gasteiger charge is -2.26. The van der Waals surface area contributed by atoms with Gasteiger partial charge in [0.2, 0.25) is 0 Å². The van der Waals surface area contributed by atoms with Gasteiger partial charge in [0, 0.05) is 34.8 Å². The number of furan rings is 1. The third kappa shape index (κ3) is 4.38. The van der Waals surface area contributed by atoms with Gasteiger partial charge in [-0.05, 0) is 50.3 Å². The summed E-state index contributed by atoms with van der Waals surface area (Å²) in [6, 6.07) is 22.6. The van der Waals surface area contributed by atoms with E-state index in [0.29, 0.717) is 0 Å². The number of benzene rings is 2. The fourth-order valence-electron chi connectivity index (χ4n) is 4.97. The fourth-order valence-corrected chi connectivity index (χ4v) is 5.28. The van der Waals surface area contributed by atoms with Crippen molar-refractivity contribution in [3.8, 4) is 17.1 Å². The number of methoxy groups -OCH3 is 1. The van der Waals surface area contributed by atoms with E-state index in [2.05, 4.69) is 47.0 Å². The number of nitrogens with zero attached hydrogens (tertiary/aromatic N) is 2. The summed E-state index contributed by atoms with van der Waals surface area (Å²) >= 11 is 5.74. The monoisotopic (exact) mass is 456 g/mol. The molecule has 5 rings (SSSR count). The van der Waals surface area contributed by atoms with Crippen molar-refractivity contribution in [2.75, 3.05) is 7.11 Å². The minimum atomic E-state index is 0.0784. The Morgan fingerprint density at radius 2 is 1.79 bits per heavy atom. The van der Waals surface area contributed by atoms with Crippen LogP contribution in [0.2, 0.25) is 0 Å². The van der Waals surface area contributed by atoms with E-state index in [1.165, 1.54) is 24.1 Å². The Hall–Kier alpha value is -3.18. The maximum atomic E-state index is 5.89. The van der Waals surface area contributed by atoms with E-state index in [-0.39, 0.29) is 5.92 Å². The summed E-state index contributed by atoms with van der Waals surface area (Å²) in [5.74, 6) is 2.87. The Labute approximate surface area is 199 Å². The quantitative estimate of drug-likeness (QED) is 0.281. The van der Waals surface area contributed by atoms with Crippen LogP contribution >= 0.6 is 12.2 Å². The van der Waals surface area contributed by atoms with E-state index in [1.54, 1.807) is 13.4 Å². The molecule has 0 fully saturated rings. The number of para-hydroxylation sites is 1. The first-order valence-electron chi connectivity index (χ1n) is 11.6. The van der Waals surface area contributed by atoms with Crippen LogP contribution in [0.1, 0.15) is 47.8 Å². The van der Waals surface area contributed by atoms with Gasteiger partial charge < -0.3 is 13.7 Å². The zero-order chi connectivity index (χ0) is 22.6. The molecule has 0 unspecified atom stereocenters. The van der Waals surface area contributed by atoms with Crippen LogP contribution in [0.25, 0.3) is 11.4 Å². The van der Waals surface area contributed by atoms with E-state index >= 15 is 0 Å². The maximum absolute atomic E-state index is 5.89. The second-order valence-electron chi connectivity index (χ2n) is 8.49. The zero-order valence-electron chi connectivity index (χ0n) is 18.9. The Bertz CT molecular complexity index is 1280. The van der Waals surface area contributed by atoms with Crippen LogP contribution in [0, 0.1) is 4.64 Å². The Kier molecular flexibility index (Phi) is 6.40. The molecule has 0 radical (unpaired) electrons. The van der Waals surface area contributed by atoms with Crippen LogP contribution in [0.5, 0.6) is 5.75 Å². The highest BCUT2D eigenvalue weighted by molar-refractivity contribution is 7.71. The van der Waals surface area contributed by atoms with Crippen molar-refractivity contribution in [2.24, 2.45) is 0 Å². The first-order chi connectivity index (χ1) is 16.3. The van der Waals surface area contributed by atoms with Crippen molar-refractivity contribution in [3.63, 3.8) is 0 Å². The van der Waals surface area contributed by atoms with Crippen molar-refractivity contribution in [1.29, 1.82) is 0 Å². The molecule has 168 valence electrons. The Morgan fingerprint density at radius 1 is 1.00 bits per heavy atom. The molecule has 33 heavy (non-hydrogen) atoms. The number of aromatic nitrogens is 2. The molecule has 2 aromatic carbocycles. The molecule has 5 heteroatoms. The molecular weight excluding hydrogens is 428 g/mol. The van der Waals surface area contributed by atoms with Crippen molar-refractivity contribution in [2.45, 2.75) is 44.6 Å². The second kappa shape index (κ2) is 9.75. The minimum Gasteiger partial charge on any atom is -0.496 e. The van der Waals surface area contributed by atoms with Gasteiger partial charge in [0.15, 0.2) is 0 Å². The van der Waals surface area contributed by atoms with Gasteiger partial charge in [-0.3, -0.25) is 0 Å². The summed E-state index contributed by atoms with van der Waals surface area (Å²) in [5.41, 5.74) is 4.84. The van der Waals surface area contributed by atoms with E-state index in [4.69, 9.17) is 26.4 Å². The molecule has 0 bridgehead atoms. The molecule has 0 saturated heterocycles. The smallest absolute Gasteiger partial charge is 0.141 e. The van der Waals surface area contributed by atoms with Crippen molar-refractivity contribution in [1.82, 2.24) is 9.55 Å². The largest absolute Gasteiger partial charge is 0.496 e. The third-order valence-corrected chi connectivity index (χ3v) is 6.90. The van der Waals surface area contributed by atoms with Crippen LogP contribution in [-0.4, -0.2) is 16.7 Å². The van der Waals surface area contributed by atoms with Gasteiger partial charge in [-0.25, -0.2) is 4.98 Å². The third-order valence-electron chi connectivity index (χ3n) is 6.56. The predicted octanol–water partition coefficient (Wildman–Crippen LogP) is 6.98. The van der Waals surface area contributed by atoms with Gasteiger partial charge >= 0.3 is 0 Å². The second-order valence-corrected chi connectivity index (χ2v) is 8.88. The average Bonchev–Trinajstić information content (AvgIpc) is 3.41. The summed E-state index contributed by atoms with van der Waals surface area (Å²) in [6.07, 6.45) is 7.04. The number of hydrogen-bond donors (Lipinski definition) is 0. The lowest BCUT2D eigenvalue weighted by molar-refractivity contribution is 0.396. The highest BCUT2D eigenvalue weighted by atomic mass is 32.1. The molecule has 1 aliphatic carbocycles. The molecule has 4 aromatic rings. The predicted molar refractivity (Wildman–Crippen MR) is 133 cm³/mol. The lowest BCUT2D eigenvalue weighted by atomic mass is 9.91. The molecule has 0 spiro atoms. The average molecular weight is 457 g/mol. The molecule has 0 saturated carbocycles. The number of fused-ring (bicyclic) bond motifs is 1. The topological polar surface area (TPSA) is 40.2 Å². The van der Waals surface area contributed by atoms with Gasteiger partial charge in [-0.15, -0.1) is 0 Å². The summed E-state index contributed by atoms with van der Waals surface area (Å²) in [5, 5.41) is 0. The first kappa shape index (κ1) is 21.7. The van der Waals surface area contributed by atoms with E-state index in [9.17, 15) is 0 Å². The molecule has 1 aliphatic rings.